The van der Waals surface area contributed by atoms with E-state index >= 15 is 0 Å². The molecular weight excluding hydrogens is 366 g/mol. The second-order valence-corrected chi connectivity index (χ2v) is 6.79. The van der Waals surface area contributed by atoms with Crippen molar-refractivity contribution >= 4 is 29.9 Å². The average Bonchev–Trinajstić information content (AvgIpc) is 3.34. The van der Waals surface area contributed by atoms with Crippen molar-refractivity contribution in [1.82, 2.24) is 20.4 Å². The Kier molecular flexibility index (Phi) is 6.13. The zero-order valence-electron chi connectivity index (χ0n) is 15.1. The van der Waals surface area contributed by atoms with Gasteiger partial charge in [-0.15, -0.1) is 12.4 Å². The highest BCUT2D eigenvalue weighted by atomic mass is 35.5. The number of fused-ring (bicyclic) bond motifs is 1. The number of hydrogen-bond donors (Lipinski definition) is 2. The minimum absolute atomic E-state index is 0. The number of hydrogen-bond acceptors (Lipinski definition) is 4. The molecule has 8 heteroatoms. The van der Waals surface area contributed by atoms with Crippen LogP contribution < -0.4 is 15.5 Å². The van der Waals surface area contributed by atoms with Gasteiger partial charge in [-0.1, -0.05) is 18.2 Å². The Hall–Kier alpha value is -2.38. The van der Waals surface area contributed by atoms with Crippen LogP contribution in [-0.2, 0) is 11.2 Å². The molecule has 2 amide bonds. The van der Waals surface area contributed by atoms with Gasteiger partial charge in [-0.3, -0.25) is 14.3 Å². The number of halogens is 1. The van der Waals surface area contributed by atoms with Crippen molar-refractivity contribution in [1.29, 1.82) is 0 Å². The number of para-hydroxylation sites is 1. The predicted octanol–water partition coefficient (Wildman–Crippen LogP) is 1.55. The van der Waals surface area contributed by atoms with E-state index in [0.717, 1.165) is 38.0 Å². The molecule has 3 heterocycles. The second-order valence-electron chi connectivity index (χ2n) is 6.79. The van der Waals surface area contributed by atoms with E-state index in [9.17, 15) is 9.59 Å². The molecule has 1 saturated heterocycles. The minimum atomic E-state index is -0.312. The molecule has 4 rings (SSSR count). The summed E-state index contributed by atoms with van der Waals surface area (Å²) in [5, 5.41) is 10.4. The number of amides is 2. The maximum absolute atomic E-state index is 12.5. The molecule has 0 bridgehead atoms. The quantitative estimate of drug-likeness (QED) is 0.831. The lowest BCUT2D eigenvalue weighted by Gasteiger charge is -2.22. The van der Waals surface area contributed by atoms with E-state index in [0.29, 0.717) is 12.2 Å². The van der Waals surface area contributed by atoms with Gasteiger partial charge in [0.15, 0.2) is 0 Å². The molecule has 0 saturated carbocycles. The van der Waals surface area contributed by atoms with Gasteiger partial charge in [0.2, 0.25) is 5.91 Å². The molecule has 1 aromatic carbocycles. The Morgan fingerprint density at radius 2 is 2.11 bits per heavy atom. The molecule has 27 heavy (non-hydrogen) atoms. The maximum atomic E-state index is 12.5. The summed E-state index contributed by atoms with van der Waals surface area (Å²) in [6.45, 7) is 2.55. The van der Waals surface area contributed by atoms with Crippen LogP contribution in [0.25, 0.3) is 0 Å². The SMILES string of the molecule is Cl.O=C(NCC(=O)N1CCc2ccccc21)c1ccn(C2CCCNC2)n1. The average molecular weight is 390 g/mol. The number of nitrogens with one attached hydrogen (secondary N) is 2. The highest BCUT2D eigenvalue weighted by Gasteiger charge is 2.24. The fourth-order valence-corrected chi connectivity index (χ4v) is 3.66. The van der Waals surface area contributed by atoms with Gasteiger partial charge in [-0.05, 0) is 43.5 Å². The zero-order chi connectivity index (χ0) is 17.9. The van der Waals surface area contributed by atoms with Gasteiger partial charge in [0.05, 0.1) is 12.6 Å². The standard InChI is InChI=1S/C19H23N5O2.ClH/c25-18(23-10-7-14-4-1-2-6-17(14)23)13-21-19(26)16-8-11-24(22-16)15-5-3-9-20-12-15;/h1-2,4,6,8,11,15,20H,3,5,7,9-10,12-13H2,(H,21,26);1H. The summed E-state index contributed by atoms with van der Waals surface area (Å²) in [6.07, 6.45) is 4.86. The molecule has 2 N–H and O–H groups in total. The number of rotatable bonds is 4. The number of carbonyl (C=O) groups is 2. The van der Waals surface area contributed by atoms with E-state index in [-0.39, 0.29) is 36.8 Å². The Morgan fingerprint density at radius 1 is 1.26 bits per heavy atom. The van der Waals surface area contributed by atoms with Crippen LogP contribution in [0.3, 0.4) is 0 Å². The molecular formula is C19H24ClN5O2. The van der Waals surface area contributed by atoms with Gasteiger partial charge in [0.1, 0.15) is 5.69 Å². The second kappa shape index (κ2) is 8.54. The fourth-order valence-electron chi connectivity index (χ4n) is 3.66. The molecule has 0 radical (unpaired) electrons. The first-order chi connectivity index (χ1) is 12.7. The Bertz CT molecular complexity index is 816. The first kappa shape index (κ1) is 19.4. The first-order valence-electron chi connectivity index (χ1n) is 9.15. The summed E-state index contributed by atoms with van der Waals surface area (Å²) in [5.74, 6) is -0.410. The number of nitrogens with zero attached hydrogens (tertiary/aromatic N) is 3. The van der Waals surface area contributed by atoms with E-state index < -0.39 is 0 Å². The zero-order valence-corrected chi connectivity index (χ0v) is 15.9. The Morgan fingerprint density at radius 3 is 2.93 bits per heavy atom. The van der Waals surface area contributed by atoms with Crippen molar-refractivity contribution in [3.8, 4) is 0 Å². The first-order valence-corrected chi connectivity index (χ1v) is 9.15. The Labute approximate surface area is 164 Å². The third-order valence-electron chi connectivity index (χ3n) is 5.07. The molecule has 144 valence electrons. The largest absolute Gasteiger partial charge is 0.342 e. The lowest BCUT2D eigenvalue weighted by Crippen LogP contribution is -2.39. The summed E-state index contributed by atoms with van der Waals surface area (Å²) in [5.41, 5.74) is 2.47. The summed E-state index contributed by atoms with van der Waals surface area (Å²) >= 11 is 0. The van der Waals surface area contributed by atoms with Crippen LogP contribution in [0.1, 0.15) is 34.9 Å². The monoisotopic (exact) mass is 389 g/mol. The number of aromatic nitrogens is 2. The lowest BCUT2D eigenvalue weighted by atomic mass is 10.1. The third-order valence-corrected chi connectivity index (χ3v) is 5.07. The number of carbonyl (C=O) groups excluding carboxylic acids is 2. The summed E-state index contributed by atoms with van der Waals surface area (Å²) in [4.78, 5) is 26.5. The highest BCUT2D eigenvalue weighted by molar-refractivity contribution is 6.00. The molecule has 0 spiro atoms. The van der Waals surface area contributed by atoms with Gasteiger partial charge in [0, 0.05) is 25.0 Å². The van der Waals surface area contributed by atoms with E-state index in [1.54, 1.807) is 11.0 Å². The van der Waals surface area contributed by atoms with Crippen molar-refractivity contribution in [2.75, 3.05) is 31.1 Å². The smallest absolute Gasteiger partial charge is 0.272 e. The number of benzene rings is 1. The van der Waals surface area contributed by atoms with Gasteiger partial charge < -0.3 is 15.5 Å². The predicted molar refractivity (Wildman–Crippen MR) is 105 cm³/mol. The van der Waals surface area contributed by atoms with Gasteiger partial charge in [0.25, 0.3) is 5.91 Å². The lowest BCUT2D eigenvalue weighted by molar-refractivity contribution is -0.117. The maximum Gasteiger partial charge on any atom is 0.272 e. The van der Waals surface area contributed by atoms with Crippen LogP contribution in [0, 0.1) is 0 Å². The molecule has 2 aliphatic heterocycles. The fraction of sp³-hybridized carbons (Fsp3) is 0.421. The van der Waals surface area contributed by atoms with Crippen molar-refractivity contribution in [3.63, 3.8) is 0 Å². The van der Waals surface area contributed by atoms with Crippen molar-refractivity contribution in [3.05, 3.63) is 47.8 Å². The molecule has 0 aliphatic carbocycles. The van der Waals surface area contributed by atoms with E-state index in [1.807, 2.05) is 35.1 Å². The molecule has 1 atom stereocenters. The summed E-state index contributed by atoms with van der Waals surface area (Å²) in [6, 6.07) is 9.88. The van der Waals surface area contributed by atoms with Crippen LogP contribution in [-0.4, -0.2) is 47.8 Å². The van der Waals surface area contributed by atoms with Gasteiger partial charge in [-0.2, -0.15) is 5.10 Å². The molecule has 7 nitrogen and oxygen atoms in total. The van der Waals surface area contributed by atoms with Crippen LogP contribution in [0.2, 0.25) is 0 Å². The summed E-state index contributed by atoms with van der Waals surface area (Å²) < 4.78 is 1.85. The summed E-state index contributed by atoms with van der Waals surface area (Å²) in [7, 11) is 0. The molecule has 1 unspecified atom stereocenters. The molecule has 1 aromatic heterocycles. The Balaban J connectivity index is 0.00000210. The van der Waals surface area contributed by atoms with Gasteiger partial charge in [-0.25, -0.2) is 0 Å². The number of piperidine rings is 1. The van der Waals surface area contributed by atoms with Crippen LogP contribution in [0.4, 0.5) is 5.69 Å². The van der Waals surface area contributed by atoms with Crippen molar-refractivity contribution in [2.45, 2.75) is 25.3 Å². The topological polar surface area (TPSA) is 79.3 Å². The molecule has 1 fully saturated rings. The normalized spacial score (nSPS) is 18.5. The van der Waals surface area contributed by atoms with Crippen molar-refractivity contribution < 1.29 is 9.59 Å². The van der Waals surface area contributed by atoms with E-state index in [1.165, 1.54) is 5.56 Å². The minimum Gasteiger partial charge on any atom is -0.342 e. The van der Waals surface area contributed by atoms with E-state index in [4.69, 9.17) is 0 Å². The third kappa shape index (κ3) is 4.14. The van der Waals surface area contributed by atoms with Crippen LogP contribution >= 0.6 is 12.4 Å². The van der Waals surface area contributed by atoms with Gasteiger partial charge >= 0.3 is 0 Å². The molecule has 2 aliphatic rings. The number of anilines is 1. The highest BCUT2D eigenvalue weighted by Crippen LogP contribution is 2.27. The van der Waals surface area contributed by atoms with E-state index in [2.05, 4.69) is 15.7 Å². The van der Waals surface area contributed by atoms with Crippen molar-refractivity contribution in [2.24, 2.45) is 0 Å². The molecule has 2 aromatic rings. The van der Waals surface area contributed by atoms with Crippen LogP contribution in [0.5, 0.6) is 0 Å². The van der Waals surface area contributed by atoms with Crippen LogP contribution in [0.15, 0.2) is 36.5 Å².